The molecular formula is C13H17NO3. The van der Waals surface area contributed by atoms with Crippen molar-refractivity contribution in [3.63, 3.8) is 0 Å². The SMILES string of the molecule is COC(=O)c1cccc(NC(=O)C(C)C)c1C. The Bertz CT molecular complexity index is 438. The van der Waals surface area contributed by atoms with Crippen molar-refractivity contribution < 1.29 is 14.3 Å². The number of nitrogens with one attached hydrogen (secondary N) is 1. The van der Waals surface area contributed by atoms with E-state index in [-0.39, 0.29) is 11.8 Å². The number of anilines is 1. The van der Waals surface area contributed by atoms with Crippen LogP contribution in [0.3, 0.4) is 0 Å². The van der Waals surface area contributed by atoms with Gasteiger partial charge in [0.1, 0.15) is 0 Å². The van der Waals surface area contributed by atoms with Gasteiger partial charge in [-0.2, -0.15) is 0 Å². The third-order valence-corrected chi connectivity index (χ3v) is 2.52. The lowest BCUT2D eigenvalue weighted by molar-refractivity contribution is -0.118. The van der Waals surface area contributed by atoms with Gasteiger partial charge in [-0.3, -0.25) is 4.79 Å². The Morgan fingerprint density at radius 3 is 2.47 bits per heavy atom. The molecule has 0 aliphatic heterocycles. The van der Waals surface area contributed by atoms with Crippen LogP contribution in [0.2, 0.25) is 0 Å². The highest BCUT2D eigenvalue weighted by Crippen LogP contribution is 2.20. The third-order valence-electron chi connectivity index (χ3n) is 2.52. The summed E-state index contributed by atoms with van der Waals surface area (Å²) in [5, 5.41) is 2.78. The normalized spacial score (nSPS) is 10.2. The smallest absolute Gasteiger partial charge is 0.338 e. The molecule has 0 saturated heterocycles. The van der Waals surface area contributed by atoms with Crippen LogP contribution in [0.1, 0.15) is 29.8 Å². The van der Waals surface area contributed by atoms with Gasteiger partial charge in [0.05, 0.1) is 12.7 Å². The number of carbonyl (C=O) groups excluding carboxylic acids is 2. The zero-order chi connectivity index (χ0) is 13.0. The summed E-state index contributed by atoms with van der Waals surface area (Å²) in [4.78, 5) is 23.1. The maximum absolute atomic E-state index is 11.6. The Kier molecular flexibility index (Phi) is 4.26. The van der Waals surface area contributed by atoms with Gasteiger partial charge in [0.25, 0.3) is 0 Å². The first kappa shape index (κ1) is 13.2. The van der Waals surface area contributed by atoms with Crippen LogP contribution < -0.4 is 5.32 Å². The average molecular weight is 235 g/mol. The topological polar surface area (TPSA) is 55.4 Å². The van der Waals surface area contributed by atoms with E-state index in [9.17, 15) is 9.59 Å². The van der Waals surface area contributed by atoms with Crippen LogP contribution in [0, 0.1) is 12.8 Å². The summed E-state index contributed by atoms with van der Waals surface area (Å²) in [7, 11) is 1.33. The zero-order valence-electron chi connectivity index (χ0n) is 10.5. The van der Waals surface area contributed by atoms with Gasteiger partial charge in [-0.15, -0.1) is 0 Å². The maximum Gasteiger partial charge on any atom is 0.338 e. The number of hydrogen-bond donors (Lipinski definition) is 1. The summed E-state index contributed by atoms with van der Waals surface area (Å²) >= 11 is 0. The second-order valence-corrected chi connectivity index (χ2v) is 4.11. The lowest BCUT2D eigenvalue weighted by Crippen LogP contribution is -2.19. The molecule has 0 aromatic heterocycles. The highest BCUT2D eigenvalue weighted by Gasteiger charge is 2.14. The fraction of sp³-hybridized carbons (Fsp3) is 0.385. The minimum Gasteiger partial charge on any atom is -0.465 e. The molecule has 0 bridgehead atoms. The first-order chi connectivity index (χ1) is 7.97. The number of hydrogen-bond acceptors (Lipinski definition) is 3. The molecule has 4 nitrogen and oxygen atoms in total. The van der Waals surface area contributed by atoms with E-state index in [1.165, 1.54) is 7.11 Å². The summed E-state index contributed by atoms with van der Waals surface area (Å²) in [5.41, 5.74) is 1.83. The number of methoxy groups -OCH3 is 1. The van der Waals surface area contributed by atoms with Crippen molar-refractivity contribution in [2.75, 3.05) is 12.4 Å². The Labute approximate surface area is 101 Å². The summed E-state index contributed by atoms with van der Waals surface area (Å²) in [6, 6.07) is 5.16. The van der Waals surface area contributed by atoms with Crippen LogP contribution >= 0.6 is 0 Å². The molecular weight excluding hydrogens is 218 g/mol. The molecule has 0 spiro atoms. The van der Waals surface area contributed by atoms with Crippen molar-refractivity contribution in [2.45, 2.75) is 20.8 Å². The minimum atomic E-state index is -0.400. The Morgan fingerprint density at radius 2 is 1.94 bits per heavy atom. The number of carbonyl (C=O) groups is 2. The van der Waals surface area contributed by atoms with Gasteiger partial charge >= 0.3 is 5.97 Å². The van der Waals surface area contributed by atoms with Crippen molar-refractivity contribution in [3.05, 3.63) is 29.3 Å². The lowest BCUT2D eigenvalue weighted by Gasteiger charge is -2.12. The molecule has 0 fully saturated rings. The third kappa shape index (κ3) is 3.06. The first-order valence-electron chi connectivity index (χ1n) is 5.46. The molecule has 0 aliphatic rings. The second-order valence-electron chi connectivity index (χ2n) is 4.11. The fourth-order valence-electron chi connectivity index (χ4n) is 1.38. The van der Waals surface area contributed by atoms with E-state index < -0.39 is 5.97 Å². The van der Waals surface area contributed by atoms with E-state index in [4.69, 9.17) is 0 Å². The zero-order valence-corrected chi connectivity index (χ0v) is 10.5. The molecule has 0 atom stereocenters. The molecule has 17 heavy (non-hydrogen) atoms. The summed E-state index contributed by atoms with van der Waals surface area (Å²) < 4.78 is 4.67. The number of benzene rings is 1. The second kappa shape index (κ2) is 5.48. The largest absolute Gasteiger partial charge is 0.465 e. The van der Waals surface area contributed by atoms with Crippen molar-refractivity contribution in [2.24, 2.45) is 5.92 Å². The number of rotatable bonds is 3. The van der Waals surface area contributed by atoms with E-state index in [1.807, 2.05) is 13.8 Å². The highest BCUT2D eigenvalue weighted by atomic mass is 16.5. The molecule has 0 aliphatic carbocycles. The van der Waals surface area contributed by atoms with Gasteiger partial charge in [-0.05, 0) is 24.6 Å². The monoisotopic (exact) mass is 235 g/mol. The Balaban J connectivity index is 3.02. The minimum absolute atomic E-state index is 0.0740. The van der Waals surface area contributed by atoms with Crippen LogP contribution in [-0.4, -0.2) is 19.0 Å². The van der Waals surface area contributed by atoms with Crippen LogP contribution in [0.25, 0.3) is 0 Å². The lowest BCUT2D eigenvalue weighted by atomic mass is 10.1. The Morgan fingerprint density at radius 1 is 1.29 bits per heavy atom. The Hall–Kier alpha value is -1.84. The molecule has 4 heteroatoms. The van der Waals surface area contributed by atoms with Crippen molar-refractivity contribution in [1.29, 1.82) is 0 Å². The van der Waals surface area contributed by atoms with E-state index in [0.717, 1.165) is 0 Å². The quantitative estimate of drug-likeness (QED) is 0.818. The predicted octanol–water partition coefficient (Wildman–Crippen LogP) is 2.38. The molecule has 1 aromatic rings. The highest BCUT2D eigenvalue weighted by molar-refractivity contribution is 5.97. The molecule has 1 rings (SSSR count). The summed E-state index contributed by atoms with van der Waals surface area (Å²) in [5.74, 6) is -0.575. The van der Waals surface area contributed by atoms with Crippen molar-refractivity contribution in [3.8, 4) is 0 Å². The van der Waals surface area contributed by atoms with E-state index in [2.05, 4.69) is 10.1 Å². The number of esters is 1. The summed E-state index contributed by atoms with van der Waals surface area (Å²) in [6.07, 6.45) is 0. The van der Waals surface area contributed by atoms with Crippen LogP contribution in [0.5, 0.6) is 0 Å². The van der Waals surface area contributed by atoms with E-state index in [0.29, 0.717) is 16.8 Å². The number of ether oxygens (including phenoxy) is 1. The molecule has 0 heterocycles. The van der Waals surface area contributed by atoms with Gasteiger partial charge in [0, 0.05) is 11.6 Å². The fourth-order valence-corrected chi connectivity index (χ4v) is 1.38. The van der Waals surface area contributed by atoms with E-state index in [1.54, 1.807) is 25.1 Å². The maximum atomic E-state index is 11.6. The van der Waals surface area contributed by atoms with E-state index >= 15 is 0 Å². The van der Waals surface area contributed by atoms with Crippen LogP contribution in [-0.2, 0) is 9.53 Å². The van der Waals surface area contributed by atoms with Crippen LogP contribution in [0.4, 0.5) is 5.69 Å². The molecule has 0 unspecified atom stereocenters. The van der Waals surface area contributed by atoms with Crippen molar-refractivity contribution >= 4 is 17.6 Å². The van der Waals surface area contributed by atoms with Crippen molar-refractivity contribution in [1.82, 2.24) is 0 Å². The number of amides is 1. The molecule has 0 radical (unpaired) electrons. The van der Waals surface area contributed by atoms with Gasteiger partial charge < -0.3 is 10.1 Å². The van der Waals surface area contributed by atoms with Gasteiger partial charge in [0.2, 0.25) is 5.91 Å². The molecule has 1 N–H and O–H groups in total. The predicted molar refractivity (Wildman–Crippen MR) is 66.0 cm³/mol. The molecule has 0 saturated carbocycles. The standard InChI is InChI=1S/C13H17NO3/c1-8(2)12(15)14-11-7-5-6-10(9(11)3)13(16)17-4/h5-8H,1-4H3,(H,14,15). The molecule has 92 valence electrons. The van der Waals surface area contributed by atoms with Crippen LogP contribution in [0.15, 0.2) is 18.2 Å². The van der Waals surface area contributed by atoms with Gasteiger partial charge in [-0.1, -0.05) is 19.9 Å². The average Bonchev–Trinajstić information content (AvgIpc) is 2.30. The van der Waals surface area contributed by atoms with Gasteiger partial charge in [0.15, 0.2) is 0 Å². The first-order valence-corrected chi connectivity index (χ1v) is 5.46. The summed E-state index contributed by atoms with van der Waals surface area (Å²) in [6.45, 7) is 5.41. The molecule has 1 amide bonds. The van der Waals surface area contributed by atoms with Gasteiger partial charge in [-0.25, -0.2) is 4.79 Å². The molecule has 1 aromatic carbocycles.